The van der Waals surface area contributed by atoms with Gasteiger partial charge in [-0.1, -0.05) is 20.8 Å². The van der Waals surface area contributed by atoms with Gasteiger partial charge >= 0.3 is 21.5 Å². The molecule has 0 aromatic carbocycles. The van der Waals surface area contributed by atoms with Crippen molar-refractivity contribution in [3.63, 3.8) is 0 Å². The third kappa shape index (κ3) is 5.22. The van der Waals surface area contributed by atoms with Crippen LogP contribution >= 0.6 is 0 Å². The lowest BCUT2D eigenvalue weighted by Crippen LogP contribution is -2.60. The largest absolute Gasteiger partial charge is 0.859 e. The third-order valence-corrected chi connectivity index (χ3v) is 11.6. The topological polar surface area (TPSA) is 147 Å². The molecule has 13 heteroatoms. The third-order valence-electron chi connectivity index (χ3n) is 10.6. The van der Waals surface area contributed by atoms with Gasteiger partial charge in [0.25, 0.3) is 0 Å². The van der Waals surface area contributed by atoms with Gasteiger partial charge in [0.2, 0.25) is 0 Å². The number of alkyl halides is 3. The summed E-state index contributed by atoms with van der Waals surface area (Å²) in [5.74, 6) is -2.89. The number of rotatable bonds is 7. The number of carbonyl (C=O) groups excluding carboxylic acids is 4. The molecule has 0 amide bonds. The maximum Gasteiger partial charge on any atom is 0.518 e. The molecule has 0 spiro atoms. The molecular formula is C27H35F3NO8S-. The van der Waals surface area contributed by atoms with Crippen molar-refractivity contribution >= 4 is 39.2 Å². The first kappa shape index (κ1) is 30.6. The van der Waals surface area contributed by atoms with Crippen LogP contribution < -0.4 is 5.11 Å². The highest BCUT2D eigenvalue weighted by Crippen LogP contribution is 2.66. The summed E-state index contributed by atoms with van der Waals surface area (Å²) in [6, 6.07) is 0. The number of esters is 1. The molecule has 0 aromatic rings. The second kappa shape index (κ2) is 10.5. The first-order chi connectivity index (χ1) is 18.4. The molecule has 0 bridgehead atoms. The number of nitrogens with zero attached hydrogens (tertiary/aromatic N) is 1. The van der Waals surface area contributed by atoms with E-state index in [1.165, 1.54) is 0 Å². The molecule has 0 N–H and O–H groups in total. The van der Waals surface area contributed by atoms with Crippen LogP contribution in [0.25, 0.3) is 0 Å². The van der Waals surface area contributed by atoms with Gasteiger partial charge in [-0.2, -0.15) is 26.0 Å². The van der Waals surface area contributed by atoms with E-state index in [-0.39, 0.29) is 71.1 Å². The molecule has 0 unspecified atom stereocenters. The number of Topliss-reactive ketones (excluding diaryl/α,β-unsaturated/α-hetero) is 3. The van der Waals surface area contributed by atoms with E-state index in [1.807, 2.05) is 13.8 Å². The van der Waals surface area contributed by atoms with Gasteiger partial charge in [-0.15, -0.1) is 0 Å². The molecule has 9 nitrogen and oxygen atoms in total. The number of sulfonamides is 1. The van der Waals surface area contributed by atoms with Crippen molar-refractivity contribution in [1.82, 2.24) is 0 Å². The Morgan fingerprint density at radius 2 is 1.80 bits per heavy atom. The Hall–Kier alpha value is -2.31. The molecule has 4 aliphatic rings. The SMILES string of the molecule is C[C@H](CCC(=O)OC/C([O-])=N/S(=O)(=O)C(F)(F)F)[C@H]1CC[C@H]2[C@@H]3C(=O)C[C@@H]4CC(=O)CC[C@]4(C)[C@H]3CC(=O)[C@]12C. The summed E-state index contributed by atoms with van der Waals surface area (Å²) >= 11 is 0. The summed E-state index contributed by atoms with van der Waals surface area (Å²) in [6.07, 6.45) is 3.72. The van der Waals surface area contributed by atoms with Crippen LogP contribution in [0.2, 0.25) is 0 Å². The first-order valence-corrected chi connectivity index (χ1v) is 15.2. The summed E-state index contributed by atoms with van der Waals surface area (Å²) in [4.78, 5) is 51.5. The molecular weight excluding hydrogens is 555 g/mol. The van der Waals surface area contributed by atoms with E-state index in [1.54, 1.807) is 0 Å². The van der Waals surface area contributed by atoms with Crippen LogP contribution in [0.15, 0.2) is 4.40 Å². The minimum atomic E-state index is -6.02. The molecule has 0 heterocycles. The Kier molecular flexibility index (Phi) is 8.05. The zero-order valence-corrected chi connectivity index (χ0v) is 23.6. The van der Waals surface area contributed by atoms with E-state index in [0.717, 1.165) is 0 Å². The van der Waals surface area contributed by atoms with Crippen molar-refractivity contribution in [2.24, 2.45) is 50.7 Å². The fraction of sp³-hybridized carbons (Fsp3) is 0.815. The highest BCUT2D eigenvalue weighted by Gasteiger charge is 2.66. The van der Waals surface area contributed by atoms with Crippen molar-refractivity contribution < 1.29 is 50.6 Å². The van der Waals surface area contributed by atoms with Crippen LogP contribution in [-0.2, 0) is 33.9 Å². The monoisotopic (exact) mass is 590 g/mol. The standard InChI is InChI=1S/C27H36F3NO8S/c1-14(4-7-23(36)39-13-22(35)31-40(37,38)27(28,29)30)17-5-6-18-24-19(12-21(34)26(17,18)3)25(2)9-8-16(32)10-15(25)11-20(24)33/h14-15,17-19,24H,4-13H2,1-3H3,(H,31,35)/p-1/t14-,15+,17-,18+,19+,24+,25+,26-/m1/s1. The van der Waals surface area contributed by atoms with Crippen LogP contribution in [0.3, 0.4) is 0 Å². The Morgan fingerprint density at radius 1 is 1.12 bits per heavy atom. The lowest BCUT2D eigenvalue weighted by molar-refractivity contribution is -0.223. The molecule has 4 rings (SSSR count). The Morgan fingerprint density at radius 3 is 2.45 bits per heavy atom. The molecule has 4 fully saturated rings. The molecule has 0 saturated heterocycles. The number of hydrogen-bond donors (Lipinski definition) is 0. The van der Waals surface area contributed by atoms with Gasteiger partial charge in [0.05, 0.1) is 0 Å². The molecule has 0 aliphatic heterocycles. The van der Waals surface area contributed by atoms with Gasteiger partial charge in [0.15, 0.2) is 0 Å². The number of halogens is 3. The molecule has 0 aromatic heterocycles. The van der Waals surface area contributed by atoms with E-state index in [4.69, 9.17) is 0 Å². The summed E-state index contributed by atoms with van der Waals surface area (Å²) in [5, 5.41) is 11.5. The summed E-state index contributed by atoms with van der Waals surface area (Å²) in [6.45, 7) is 4.73. The maximum atomic E-state index is 13.8. The van der Waals surface area contributed by atoms with E-state index in [2.05, 4.69) is 16.1 Å². The zero-order chi connectivity index (χ0) is 29.8. The lowest BCUT2D eigenvalue weighted by atomic mass is 9.44. The van der Waals surface area contributed by atoms with Crippen LogP contribution in [-0.4, -0.2) is 49.7 Å². The first-order valence-electron chi connectivity index (χ1n) is 13.7. The summed E-state index contributed by atoms with van der Waals surface area (Å²) in [7, 11) is -6.02. The van der Waals surface area contributed by atoms with Gasteiger partial charge in [0, 0.05) is 49.3 Å². The van der Waals surface area contributed by atoms with E-state index < -0.39 is 39.4 Å². The highest BCUT2D eigenvalue weighted by molar-refractivity contribution is 7.91. The van der Waals surface area contributed by atoms with Gasteiger partial charge in [-0.25, -0.2) is 0 Å². The zero-order valence-electron chi connectivity index (χ0n) is 22.8. The minimum absolute atomic E-state index is 0.0185. The van der Waals surface area contributed by atoms with Gasteiger partial charge in [0.1, 0.15) is 24.0 Å². The number of hydrogen-bond acceptors (Lipinski definition) is 8. The normalized spacial score (nSPS) is 37.4. The number of ketones is 3. The quantitative estimate of drug-likeness (QED) is 0.250. The Labute approximate surface area is 231 Å². The van der Waals surface area contributed by atoms with Gasteiger partial charge < -0.3 is 9.84 Å². The maximum absolute atomic E-state index is 13.8. The van der Waals surface area contributed by atoms with Crippen molar-refractivity contribution in [3.8, 4) is 0 Å². The van der Waals surface area contributed by atoms with Crippen molar-refractivity contribution in [2.45, 2.75) is 84.1 Å². The van der Waals surface area contributed by atoms with Crippen molar-refractivity contribution in [3.05, 3.63) is 0 Å². The fourth-order valence-corrected chi connectivity index (χ4v) is 8.79. The predicted octanol–water partition coefficient (Wildman–Crippen LogP) is 3.14. The smallest absolute Gasteiger partial charge is 0.518 e. The van der Waals surface area contributed by atoms with Crippen molar-refractivity contribution in [1.29, 1.82) is 0 Å². The molecule has 224 valence electrons. The Balaban J connectivity index is 1.39. The average molecular weight is 591 g/mol. The number of ether oxygens (including phenoxy) is 1. The fourth-order valence-electron chi connectivity index (χ4n) is 8.36. The summed E-state index contributed by atoms with van der Waals surface area (Å²) in [5.41, 5.74) is -6.69. The molecule has 4 saturated carbocycles. The molecule has 8 atom stereocenters. The summed E-state index contributed by atoms with van der Waals surface area (Å²) < 4.78 is 65.6. The number of fused-ring (bicyclic) bond motifs is 5. The van der Waals surface area contributed by atoms with Gasteiger partial charge in [-0.3, -0.25) is 19.2 Å². The van der Waals surface area contributed by atoms with E-state index in [9.17, 15) is 45.9 Å². The molecule has 40 heavy (non-hydrogen) atoms. The van der Waals surface area contributed by atoms with E-state index >= 15 is 0 Å². The van der Waals surface area contributed by atoms with Crippen molar-refractivity contribution in [2.75, 3.05) is 6.61 Å². The van der Waals surface area contributed by atoms with E-state index in [0.29, 0.717) is 44.9 Å². The predicted molar refractivity (Wildman–Crippen MR) is 133 cm³/mol. The van der Waals surface area contributed by atoms with Crippen LogP contribution in [0.4, 0.5) is 13.2 Å². The van der Waals surface area contributed by atoms with Gasteiger partial charge in [-0.05, 0) is 60.7 Å². The minimum Gasteiger partial charge on any atom is -0.859 e. The Bertz CT molecular complexity index is 1230. The molecule has 0 radical (unpaired) electrons. The highest BCUT2D eigenvalue weighted by atomic mass is 32.2. The van der Waals surface area contributed by atoms with Crippen LogP contribution in [0.5, 0.6) is 0 Å². The van der Waals surface area contributed by atoms with Crippen LogP contribution in [0, 0.1) is 46.3 Å². The number of carbonyl (C=O) groups is 4. The molecule has 4 aliphatic carbocycles. The lowest BCUT2D eigenvalue weighted by Gasteiger charge is -2.58. The second-order valence-corrected chi connectivity index (χ2v) is 14.1. The van der Waals surface area contributed by atoms with Crippen LogP contribution in [0.1, 0.15) is 78.6 Å². The average Bonchev–Trinajstić information content (AvgIpc) is 3.20. The second-order valence-electron chi connectivity index (χ2n) is 12.5.